The first-order valence-corrected chi connectivity index (χ1v) is 6.72. The first kappa shape index (κ1) is 13.0. The number of aryl methyl sites for hydroxylation is 1. The van der Waals surface area contributed by atoms with E-state index in [1.165, 1.54) is 0 Å². The van der Waals surface area contributed by atoms with Crippen LogP contribution in [0.25, 0.3) is 11.0 Å². The normalized spacial score (nSPS) is 10.7. The lowest BCUT2D eigenvalue weighted by molar-refractivity contribution is -0.307. The molecule has 5 heteroatoms. The van der Waals surface area contributed by atoms with E-state index in [2.05, 4.69) is 15.9 Å². The summed E-state index contributed by atoms with van der Waals surface area (Å²) in [5.74, 6) is -0.820. The molecule has 0 fully saturated rings. The number of rotatable bonds is 6. The van der Waals surface area contributed by atoms with Crippen molar-refractivity contribution in [1.82, 2.24) is 0 Å². The van der Waals surface area contributed by atoms with Gasteiger partial charge in [0.05, 0.1) is 12.2 Å². The fourth-order valence-corrected chi connectivity index (χ4v) is 2.07. The Kier molecular flexibility index (Phi) is 4.25. The number of benzene rings is 1. The lowest BCUT2D eigenvalue weighted by Crippen LogP contribution is -2.28. The second kappa shape index (κ2) is 5.91. The summed E-state index contributed by atoms with van der Waals surface area (Å²) in [7, 11) is 0. The number of carboxylic acids is 1. The Bertz CT molecular complexity index is 547. The van der Waals surface area contributed by atoms with Crippen LogP contribution in [0.4, 0.5) is 0 Å². The maximum atomic E-state index is 10.4. The van der Waals surface area contributed by atoms with Crippen LogP contribution in [0.5, 0.6) is 5.75 Å². The SMILES string of the molecule is O=C([O-])COc1cccc2c(CCCBr)coc12. The van der Waals surface area contributed by atoms with Crippen molar-refractivity contribution in [1.29, 1.82) is 0 Å². The highest BCUT2D eigenvalue weighted by Crippen LogP contribution is 2.30. The van der Waals surface area contributed by atoms with Crippen LogP contribution < -0.4 is 9.84 Å². The van der Waals surface area contributed by atoms with Crippen LogP contribution in [0.1, 0.15) is 12.0 Å². The van der Waals surface area contributed by atoms with Gasteiger partial charge in [-0.25, -0.2) is 0 Å². The second-order valence-corrected chi connectivity index (χ2v) is 4.64. The number of alkyl halides is 1. The van der Waals surface area contributed by atoms with Crippen LogP contribution in [-0.4, -0.2) is 17.9 Å². The Labute approximate surface area is 113 Å². The number of fused-ring (bicyclic) bond motifs is 1. The van der Waals surface area contributed by atoms with Crippen molar-refractivity contribution in [3.05, 3.63) is 30.0 Å². The topological polar surface area (TPSA) is 62.5 Å². The average Bonchev–Trinajstić information content (AvgIpc) is 2.77. The quantitative estimate of drug-likeness (QED) is 0.764. The van der Waals surface area contributed by atoms with Gasteiger partial charge in [-0.2, -0.15) is 0 Å². The number of carbonyl (C=O) groups excluding carboxylic acids is 1. The number of carboxylic acid groups (broad SMARTS) is 1. The zero-order valence-electron chi connectivity index (χ0n) is 9.65. The number of aliphatic carboxylic acids is 1. The Balaban J connectivity index is 2.27. The summed E-state index contributed by atoms with van der Waals surface area (Å²) in [5.41, 5.74) is 1.69. The Morgan fingerprint density at radius 3 is 3.00 bits per heavy atom. The second-order valence-electron chi connectivity index (χ2n) is 3.85. The first-order chi connectivity index (χ1) is 8.72. The number of ether oxygens (including phenoxy) is 1. The zero-order valence-corrected chi connectivity index (χ0v) is 11.2. The summed E-state index contributed by atoms with van der Waals surface area (Å²) in [6, 6.07) is 5.44. The van der Waals surface area contributed by atoms with Gasteiger partial charge in [-0.15, -0.1) is 0 Å². The van der Waals surface area contributed by atoms with E-state index in [4.69, 9.17) is 9.15 Å². The molecule has 0 bridgehead atoms. The monoisotopic (exact) mass is 311 g/mol. The molecule has 2 rings (SSSR count). The molecule has 0 atom stereocenters. The summed E-state index contributed by atoms with van der Waals surface area (Å²) >= 11 is 3.39. The molecule has 2 aromatic rings. The molecule has 0 saturated carbocycles. The van der Waals surface area contributed by atoms with Crippen LogP contribution in [0, 0.1) is 0 Å². The number of hydrogen-bond acceptors (Lipinski definition) is 4. The largest absolute Gasteiger partial charge is 0.546 e. The average molecular weight is 312 g/mol. The molecule has 1 aromatic carbocycles. The third-order valence-corrected chi connectivity index (χ3v) is 3.13. The molecule has 0 aliphatic heterocycles. The van der Waals surface area contributed by atoms with Crippen LogP contribution in [0.2, 0.25) is 0 Å². The van der Waals surface area contributed by atoms with E-state index in [0.717, 1.165) is 29.1 Å². The van der Waals surface area contributed by atoms with Crippen molar-refractivity contribution in [2.75, 3.05) is 11.9 Å². The maximum absolute atomic E-state index is 10.4. The van der Waals surface area contributed by atoms with Gasteiger partial charge in [0.1, 0.15) is 6.61 Å². The summed E-state index contributed by atoms with van der Waals surface area (Å²) in [6.45, 7) is -0.476. The molecule has 0 aliphatic carbocycles. The molecule has 1 heterocycles. The molecule has 18 heavy (non-hydrogen) atoms. The highest BCUT2D eigenvalue weighted by molar-refractivity contribution is 9.09. The Morgan fingerprint density at radius 2 is 2.28 bits per heavy atom. The molecule has 0 N–H and O–H groups in total. The summed E-state index contributed by atoms with van der Waals surface area (Å²) < 4.78 is 10.6. The predicted molar refractivity (Wildman–Crippen MR) is 68.8 cm³/mol. The van der Waals surface area contributed by atoms with Gasteiger partial charge in [0, 0.05) is 10.7 Å². The third kappa shape index (κ3) is 2.85. The van der Waals surface area contributed by atoms with Crippen LogP contribution >= 0.6 is 15.9 Å². The highest BCUT2D eigenvalue weighted by Gasteiger charge is 2.10. The van der Waals surface area contributed by atoms with E-state index < -0.39 is 12.6 Å². The maximum Gasteiger partial charge on any atom is 0.175 e. The van der Waals surface area contributed by atoms with Crippen molar-refractivity contribution in [3.8, 4) is 5.75 Å². The minimum absolute atomic E-state index is 0.432. The van der Waals surface area contributed by atoms with Crippen molar-refractivity contribution < 1.29 is 19.1 Å². The summed E-state index contributed by atoms with van der Waals surface area (Å²) in [5, 5.41) is 12.3. The number of para-hydroxylation sites is 1. The van der Waals surface area contributed by atoms with Crippen molar-refractivity contribution in [2.45, 2.75) is 12.8 Å². The van der Waals surface area contributed by atoms with Gasteiger partial charge in [0.2, 0.25) is 0 Å². The number of hydrogen-bond donors (Lipinski definition) is 0. The van der Waals surface area contributed by atoms with Gasteiger partial charge in [-0.1, -0.05) is 28.1 Å². The molecule has 4 nitrogen and oxygen atoms in total. The van der Waals surface area contributed by atoms with E-state index in [-0.39, 0.29) is 0 Å². The van der Waals surface area contributed by atoms with Crippen molar-refractivity contribution in [3.63, 3.8) is 0 Å². The number of carbonyl (C=O) groups is 1. The third-order valence-electron chi connectivity index (χ3n) is 2.57. The standard InChI is InChI=1S/C13H13BrO4/c14-6-2-3-9-7-18-13-10(9)4-1-5-11(13)17-8-12(15)16/h1,4-5,7H,2-3,6,8H2,(H,15,16)/p-1. The van der Waals surface area contributed by atoms with Crippen LogP contribution in [0.3, 0.4) is 0 Å². The van der Waals surface area contributed by atoms with E-state index in [9.17, 15) is 9.90 Å². The van der Waals surface area contributed by atoms with Gasteiger partial charge in [0.25, 0.3) is 0 Å². The molecule has 0 saturated heterocycles. The fraction of sp³-hybridized carbons (Fsp3) is 0.308. The minimum atomic E-state index is -1.25. The summed E-state index contributed by atoms with van der Waals surface area (Å²) in [4.78, 5) is 10.4. The minimum Gasteiger partial charge on any atom is -0.546 e. The first-order valence-electron chi connectivity index (χ1n) is 5.60. The van der Waals surface area contributed by atoms with Crippen LogP contribution in [0.15, 0.2) is 28.9 Å². The van der Waals surface area contributed by atoms with E-state index >= 15 is 0 Å². The molecule has 0 unspecified atom stereocenters. The predicted octanol–water partition coefficient (Wildman–Crippen LogP) is 1.89. The van der Waals surface area contributed by atoms with Gasteiger partial charge in [-0.05, 0) is 24.5 Å². The lowest BCUT2D eigenvalue weighted by atomic mass is 10.1. The van der Waals surface area contributed by atoms with E-state index in [1.807, 2.05) is 12.1 Å². The molecule has 1 aromatic heterocycles. The molecule has 0 amide bonds. The van der Waals surface area contributed by atoms with Gasteiger partial charge in [0.15, 0.2) is 11.3 Å². The molecule has 96 valence electrons. The molecule has 0 aliphatic rings. The molecular weight excluding hydrogens is 300 g/mol. The zero-order chi connectivity index (χ0) is 13.0. The van der Waals surface area contributed by atoms with Gasteiger partial charge >= 0.3 is 0 Å². The Morgan fingerprint density at radius 1 is 1.44 bits per heavy atom. The van der Waals surface area contributed by atoms with Gasteiger partial charge < -0.3 is 19.1 Å². The number of halogens is 1. The molecular formula is C13H12BrO4-. The van der Waals surface area contributed by atoms with Crippen molar-refractivity contribution >= 4 is 32.9 Å². The van der Waals surface area contributed by atoms with E-state index in [0.29, 0.717) is 11.3 Å². The smallest absolute Gasteiger partial charge is 0.175 e. The van der Waals surface area contributed by atoms with Crippen LogP contribution in [-0.2, 0) is 11.2 Å². The van der Waals surface area contributed by atoms with Crippen molar-refractivity contribution in [2.24, 2.45) is 0 Å². The molecule has 0 spiro atoms. The highest BCUT2D eigenvalue weighted by atomic mass is 79.9. The Hall–Kier alpha value is -1.49. The fourth-order valence-electron chi connectivity index (χ4n) is 1.78. The molecule has 0 radical (unpaired) electrons. The number of furan rings is 1. The van der Waals surface area contributed by atoms with E-state index in [1.54, 1.807) is 12.3 Å². The lowest BCUT2D eigenvalue weighted by Gasteiger charge is -2.06. The van der Waals surface area contributed by atoms with Gasteiger partial charge in [-0.3, -0.25) is 0 Å². The summed E-state index contributed by atoms with van der Waals surface area (Å²) in [6.07, 6.45) is 3.61.